The van der Waals surface area contributed by atoms with Crippen LogP contribution in [-0.4, -0.2) is 11.4 Å². The molecule has 0 spiro atoms. The third-order valence-corrected chi connectivity index (χ3v) is 2.90. The molecule has 2 N–H and O–H groups in total. The Kier molecular flexibility index (Phi) is 2.96. The van der Waals surface area contributed by atoms with Crippen LogP contribution in [-0.2, 0) is 11.2 Å². The number of hydrogen-bond donors (Lipinski definition) is 2. The maximum absolute atomic E-state index is 11.3. The van der Waals surface area contributed by atoms with Gasteiger partial charge in [-0.1, -0.05) is 12.1 Å². The van der Waals surface area contributed by atoms with E-state index in [0.717, 1.165) is 11.3 Å². The molecule has 0 fully saturated rings. The normalized spacial score (nSPS) is 16.6. The van der Waals surface area contributed by atoms with Crippen LogP contribution in [0.5, 0.6) is 0 Å². The molecule has 1 amide bonds. The van der Waals surface area contributed by atoms with Gasteiger partial charge in [-0.3, -0.25) is 4.79 Å². The first-order chi connectivity index (χ1) is 7.85. The molecule has 1 unspecified atom stereocenters. The molecule has 92 valence electrons. The molecule has 0 aliphatic carbocycles. The van der Waals surface area contributed by atoms with E-state index in [4.69, 9.17) is 0 Å². The lowest BCUT2D eigenvalue weighted by molar-refractivity contribution is -0.115. The molecule has 3 heteroatoms. The van der Waals surface area contributed by atoms with Crippen LogP contribution >= 0.6 is 0 Å². The zero-order valence-corrected chi connectivity index (χ0v) is 10.9. The van der Waals surface area contributed by atoms with Crippen LogP contribution in [0.15, 0.2) is 18.2 Å². The largest absolute Gasteiger partial charge is 0.326 e. The predicted molar refractivity (Wildman–Crippen MR) is 70.1 cm³/mol. The van der Waals surface area contributed by atoms with Gasteiger partial charge in [-0.25, -0.2) is 0 Å². The van der Waals surface area contributed by atoms with Crippen molar-refractivity contribution < 1.29 is 4.79 Å². The quantitative estimate of drug-likeness (QED) is 0.823. The average Bonchev–Trinajstić information content (AvgIpc) is 2.53. The number of fused-ring (bicyclic) bond motifs is 1. The Morgan fingerprint density at radius 2 is 2.06 bits per heavy atom. The van der Waals surface area contributed by atoms with Crippen LogP contribution in [0.25, 0.3) is 0 Å². The number of rotatable bonds is 2. The number of carbonyl (C=O) groups is 1. The monoisotopic (exact) mass is 232 g/mol. The Hall–Kier alpha value is -1.35. The second kappa shape index (κ2) is 4.15. The van der Waals surface area contributed by atoms with Crippen molar-refractivity contribution >= 4 is 11.6 Å². The van der Waals surface area contributed by atoms with Gasteiger partial charge >= 0.3 is 0 Å². The topological polar surface area (TPSA) is 41.1 Å². The Morgan fingerprint density at radius 1 is 1.35 bits per heavy atom. The molecule has 0 saturated carbocycles. The molecular weight excluding hydrogens is 212 g/mol. The van der Waals surface area contributed by atoms with Gasteiger partial charge in [0.25, 0.3) is 0 Å². The lowest BCUT2D eigenvalue weighted by Crippen LogP contribution is -2.37. The number of nitrogens with one attached hydrogen (secondary N) is 2. The van der Waals surface area contributed by atoms with Gasteiger partial charge in [0.15, 0.2) is 0 Å². The fourth-order valence-corrected chi connectivity index (χ4v) is 2.25. The first-order valence-corrected chi connectivity index (χ1v) is 6.05. The van der Waals surface area contributed by atoms with Crippen molar-refractivity contribution in [3.05, 3.63) is 29.3 Å². The Morgan fingerprint density at radius 3 is 2.71 bits per heavy atom. The number of hydrogen-bond acceptors (Lipinski definition) is 2. The number of amides is 1. The van der Waals surface area contributed by atoms with Crippen LogP contribution in [0.3, 0.4) is 0 Å². The standard InChI is InChI=1S/C14H20N2O/c1-9(16-14(2,3)4)10-5-6-12-11(7-10)8-13(17)15-12/h5-7,9,16H,8H2,1-4H3,(H,15,17). The zero-order chi connectivity index (χ0) is 12.6. The molecule has 1 atom stereocenters. The Balaban J connectivity index is 2.18. The fraction of sp³-hybridized carbons (Fsp3) is 0.500. The van der Waals surface area contributed by atoms with E-state index in [0.29, 0.717) is 6.42 Å². The molecular formula is C14H20N2O. The molecule has 0 radical (unpaired) electrons. The summed E-state index contributed by atoms with van der Waals surface area (Å²) in [5, 5.41) is 6.38. The van der Waals surface area contributed by atoms with E-state index in [1.165, 1.54) is 5.56 Å². The zero-order valence-electron chi connectivity index (χ0n) is 10.9. The smallest absolute Gasteiger partial charge is 0.228 e. The number of carbonyl (C=O) groups excluding carboxylic acids is 1. The van der Waals surface area contributed by atoms with Crippen molar-refractivity contribution in [2.75, 3.05) is 5.32 Å². The minimum absolute atomic E-state index is 0.0898. The summed E-state index contributed by atoms with van der Waals surface area (Å²) < 4.78 is 0. The maximum Gasteiger partial charge on any atom is 0.228 e. The molecule has 2 rings (SSSR count). The summed E-state index contributed by atoms with van der Waals surface area (Å²) in [6, 6.07) is 6.48. The van der Waals surface area contributed by atoms with Gasteiger partial charge in [-0.15, -0.1) is 0 Å². The van der Waals surface area contributed by atoms with Gasteiger partial charge in [0.1, 0.15) is 0 Å². The van der Waals surface area contributed by atoms with Crippen molar-refractivity contribution in [3.8, 4) is 0 Å². The van der Waals surface area contributed by atoms with Gasteiger partial charge in [0, 0.05) is 17.3 Å². The lowest BCUT2D eigenvalue weighted by Gasteiger charge is -2.26. The first-order valence-electron chi connectivity index (χ1n) is 6.05. The number of benzene rings is 1. The van der Waals surface area contributed by atoms with Crippen LogP contribution in [0, 0.1) is 0 Å². The summed E-state index contributed by atoms with van der Waals surface area (Å²) in [5.74, 6) is 0.0913. The molecule has 1 aliphatic heterocycles. The Labute approximate surface area is 103 Å². The van der Waals surface area contributed by atoms with Crippen molar-refractivity contribution in [2.24, 2.45) is 0 Å². The molecule has 17 heavy (non-hydrogen) atoms. The summed E-state index contributed by atoms with van der Waals surface area (Å²) >= 11 is 0. The van der Waals surface area contributed by atoms with Gasteiger partial charge in [-0.2, -0.15) is 0 Å². The van der Waals surface area contributed by atoms with Crippen molar-refractivity contribution in [2.45, 2.75) is 45.7 Å². The molecule has 0 aromatic heterocycles. The van der Waals surface area contributed by atoms with Gasteiger partial charge in [0.2, 0.25) is 5.91 Å². The summed E-state index contributed by atoms with van der Waals surface area (Å²) in [7, 11) is 0. The molecule has 1 aromatic rings. The third kappa shape index (κ3) is 2.86. The van der Waals surface area contributed by atoms with Crippen LogP contribution < -0.4 is 10.6 Å². The Bertz CT molecular complexity index is 446. The van der Waals surface area contributed by atoms with E-state index in [1.807, 2.05) is 6.07 Å². The van der Waals surface area contributed by atoms with E-state index < -0.39 is 0 Å². The van der Waals surface area contributed by atoms with Gasteiger partial charge in [0.05, 0.1) is 6.42 Å². The highest BCUT2D eigenvalue weighted by Gasteiger charge is 2.20. The first kappa shape index (κ1) is 12.1. The van der Waals surface area contributed by atoms with E-state index in [9.17, 15) is 4.79 Å². The fourth-order valence-electron chi connectivity index (χ4n) is 2.25. The van der Waals surface area contributed by atoms with Gasteiger partial charge in [-0.05, 0) is 44.9 Å². The van der Waals surface area contributed by atoms with Crippen molar-refractivity contribution in [3.63, 3.8) is 0 Å². The van der Waals surface area contributed by atoms with Gasteiger partial charge < -0.3 is 10.6 Å². The average molecular weight is 232 g/mol. The minimum atomic E-state index is 0.0898. The van der Waals surface area contributed by atoms with Crippen LogP contribution in [0.2, 0.25) is 0 Å². The van der Waals surface area contributed by atoms with Crippen LogP contribution in [0.4, 0.5) is 5.69 Å². The minimum Gasteiger partial charge on any atom is -0.326 e. The van der Waals surface area contributed by atoms with E-state index >= 15 is 0 Å². The highest BCUT2D eigenvalue weighted by Crippen LogP contribution is 2.27. The molecule has 1 aliphatic rings. The predicted octanol–water partition coefficient (Wildman–Crippen LogP) is 2.63. The number of anilines is 1. The summed E-state index contributed by atoms with van der Waals surface area (Å²) in [6.45, 7) is 8.61. The maximum atomic E-state index is 11.3. The molecule has 1 aromatic carbocycles. The molecule has 0 saturated heterocycles. The molecule has 0 bridgehead atoms. The molecule has 1 heterocycles. The SMILES string of the molecule is CC(NC(C)(C)C)c1ccc2c(c1)CC(=O)N2. The second-order valence-electron chi connectivity index (χ2n) is 5.76. The molecule has 3 nitrogen and oxygen atoms in total. The highest BCUT2D eigenvalue weighted by molar-refractivity contribution is 5.99. The third-order valence-electron chi connectivity index (χ3n) is 2.90. The highest BCUT2D eigenvalue weighted by atomic mass is 16.1. The van der Waals surface area contributed by atoms with Crippen molar-refractivity contribution in [1.29, 1.82) is 0 Å². The summed E-state index contributed by atoms with van der Waals surface area (Å²) in [5.41, 5.74) is 3.39. The van der Waals surface area contributed by atoms with E-state index in [-0.39, 0.29) is 17.5 Å². The van der Waals surface area contributed by atoms with E-state index in [1.54, 1.807) is 0 Å². The summed E-state index contributed by atoms with van der Waals surface area (Å²) in [6.07, 6.45) is 0.505. The van der Waals surface area contributed by atoms with Crippen LogP contribution in [0.1, 0.15) is 44.9 Å². The van der Waals surface area contributed by atoms with E-state index in [2.05, 4.69) is 50.5 Å². The van der Waals surface area contributed by atoms with Crippen molar-refractivity contribution in [1.82, 2.24) is 5.32 Å². The second-order valence-corrected chi connectivity index (χ2v) is 5.76. The lowest BCUT2D eigenvalue weighted by atomic mass is 10.0. The summed E-state index contributed by atoms with van der Waals surface area (Å²) in [4.78, 5) is 11.3.